The lowest BCUT2D eigenvalue weighted by Gasteiger charge is -2.28. The Labute approximate surface area is 170 Å². The van der Waals surface area contributed by atoms with E-state index < -0.39 is 11.7 Å². The number of nitrogens with zero attached hydrogens (tertiary/aromatic N) is 3. The molecule has 1 saturated carbocycles. The Morgan fingerprint density at radius 1 is 1.25 bits per heavy atom. The lowest BCUT2D eigenvalue weighted by molar-refractivity contribution is -0.137. The van der Waals surface area contributed by atoms with Crippen LogP contribution in [0.25, 0.3) is 0 Å². The molecular formula is C18H19ClF3N5S. The van der Waals surface area contributed by atoms with Crippen molar-refractivity contribution in [2.75, 3.05) is 17.6 Å². The zero-order valence-corrected chi connectivity index (χ0v) is 16.5. The Balaban J connectivity index is 1.54. The van der Waals surface area contributed by atoms with E-state index in [0.29, 0.717) is 23.2 Å². The zero-order chi connectivity index (χ0) is 19.9. The second-order valence-electron chi connectivity index (χ2n) is 7.00. The van der Waals surface area contributed by atoms with Gasteiger partial charge in [-0.1, -0.05) is 11.9 Å². The van der Waals surface area contributed by atoms with Crippen molar-refractivity contribution >= 4 is 35.1 Å². The van der Waals surface area contributed by atoms with Crippen LogP contribution in [0.3, 0.4) is 0 Å². The van der Waals surface area contributed by atoms with Crippen molar-refractivity contribution in [3.05, 3.63) is 45.9 Å². The average Bonchev–Trinajstić information content (AvgIpc) is 3.43. The summed E-state index contributed by atoms with van der Waals surface area (Å²) < 4.78 is 41.4. The molecule has 0 radical (unpaired) electrons. The number of benzene rings is 1. The van der Waals surface area contributed by atoms with Crippen LogP contribution in [0.15, 0.2) is 18.2 Å². The lowest BCUT2D eigenvalue weighted by Crippen LogP contribution is -2.27. The maximum Gasteiger partial charge on any atom is 0.416 e. The minimum atomic E-state index is -4.44. The van der Waals surface area contributed by atoms with Gasteiger partial charge in [-0.3, -0.25) is 0 Å². The van der Waals surface area contributed by atoms with E-state index >= 15 is 0 Å². The number of nitrogens with one attached hydrogen (secondary N) is 1. The maximum absolute atomic E-state index is 13.0. The van der Waals surface area contributed by atoms with Gasteiger partial charge in [-0.15, -0.1) is 0 Å². The van der Waals surface area contributed by atoms with E-state index in [0.717, 1.165) is 36.4 Å². The third-order valence-electron chi connectivity index (χ3n) is 4.62. The number of alkyl halides is 3. The number of aromatic nitrogens is 2. The molecular weight excluding hydrogens is 411 g/mol. The van der Waals surface area contributed by atoms with E-state index in [1.165, 1.54) is 18.9 Å². The molecule has 1 aliphatic carbocycles. The molecule has 28 heavy (non-hydrogen) atoms. The molecule has 0 saturated heterocycles. The van der Waals surface area contributed by atoms with Crippen molar-refractivity contribution in [3.63, 3.8) is 0 Å². The fourth-order valence-corrected chi connectivity index (χ4v) is 4.50. The van der Waals surface area contributed by atoms with Crippen LogP contribution in [0.5, 0.6) is 0 Å². The van der Waals surface area contributed by atoms with Gasteiger partial charge in [0.1, 0.15) is 5.82 Å². The Bertz CT molecular complexity index is 888. The third kappa shape index (κ3) is 4.64. The summed E-state index contributed by atoms with van der Waals surface area (Å²) in [5, 5.41) is 3.96. The molecule has 0 bridgehead atoms. The normalized spacial score (nSPS) is 17.4. The summed E-state index contributed by atoms with van der Waals surface area (Å²) in [7, 11) is 0. The molecule has 0 spiro atoms. The smallest absolute Gasteiger partial charge is 0.399 e. The molecule has 2 aliphatic rings. The van der Waals surface area contributed by atoms with E-state index in [1.807, 2.05) is 11.9 Å². The van der Waals surface area contributed by atoms with Gasteiger partial charge in [-0.05, 0) is 48.2 Å². The Kier molecular flexibility index (Phi) is 5.32. The Morgan fingerprint density at radius 2 is 2.04 bits per heavy atom. The highest BCUT2D eigenvalue weighted by atomic mass is 35.5. The van der Waals surface area contributed by atoms with E-state index in [1.54, 1.807) is 0 Å². The predicted molar refractivity (Wildman–Crippen MR) is 105 cm³/mol. The largest absolute Gasteiger partial charge is 0.416 e. The van der Waals surface area contributed by atoms with Crippen LogP contribution in [0.4, 0.5) is 24.7 Å². The van der Waals surface area contributed by atoms with E-state index in [9.17, 15) is 13.2 Å². The molecule has 3 N–H and O–H groups in total. The van der Waals surface area contributed by atoms with Crippen molar-refractivity contribution in [1.29, 1.82) is 0 Å². The average molecular weight is 430 g/mol. The lowest BCUT2D eigenvalue weighted by atomic mass is 10.1. The van der Waals surface area contributed by atoms with Gasteiger partial charge in [0, 0.05) is 42.6 Å². The second-order valence-corrected chi connectivity index (χ2v) is 8.73. The van der Waals surface area contributed by atoms with Crippen LogP contribution in [-0.4, -0.2) is 26.1 Å². The number of hydrogen-bond acceptors (Lipinski definition) is 6. The van der Waals surface area contributed by atoms with Crippen molar-refractivity contribution in [2.24, 2.45) is 0 Å². The molecule has 4 rings (SSSR count). The number of hydrogen-bond donors (Lipinski definition) is 2. The van der Waals surface area contributed by atoms with Crippen molar-refractivity contribution < 1.29 is 13.2 Å². The molecule has 1 aromatic heterocycles. The van der Waals surface area contributed by atoms with E-state index in [-0.39, 0.29) is 17.5 Å². The molecule has 1 aromatic carbocycles. The fraction of sp³-hybridized carbons (Fsp3) is 0.444. The van der Waals surface area contributed by atoms with Crippen LogP contribution in [0.1, 0.15) is 35.2 Å². The van der Waals surface area contributed by atoms with Crippen molar-refractivity contribution in [3.8, 4) is 0 Å². The minimum absolute atomic E-state index is 0.0707. The van der Waals surface area contributed by atoms with Gasteiger partial charge in [0.15, 0.2) is 0 Å². The summed E-state index contributed by atoms with van der Waals surface area (Å²) in [6.07, 6.45) is -1.19. The van der Waals surface area contributed by atoms with Gasteiger partial charge in [-0.2, -0.15) is 13.2 Å². The van der Waals surface area contributed by atoms with Crippen molar-refractivity contribution in [1.82, 2.24) is 14.3 Å². The second kappa shape index (κ2) is 7.61. The van der Waals surface area contributed by atoms with Gasteiger partial charge >= 0.3 is 6.18 Å². The first-order chi connectivity index (χ1) is 13.3. The third-order valence-corrected chi connectivity index (χ3v) is 6.17. The molecule has 0 unspecified atom stereocenters. The molecule has 2 heterocycles. The summed E-state index contributed by atoms with van der Waals surface area (Å²) in [6.45, 7) is 1.73. The van der Waals surface area contributed by atoms with E-state index in [4.69, 9.17) is 17.3 Å². The van der Waals surface area contributed by atoms with Crippen LogP contribution in [0, 0.1) is 0 Å². The number of nitrogens with two attached hydrogens (primary N) is 1. The topological polar surface area (TPSA) is 67.1 Å². The summed E-state index contributed by atoms with van der Waals surface area (Å²) in [4.78, 5) is 8.61. The minimum Gasteiger partial charge on any atom is -0.399 e. The highest BCUT2D eigenvalue weighted by molar-refractivity contribution is 7.97. The fourth-order valence-electron chi connectivity index (χ4n) is 3.15. The van der Waals surface area contributed by atoms with Crippen LogP contribution < -0.4 is 11.1 Å². The first kappa shape index (κ1) is 19.6. The Morgan fingerprint density at radius 3 is 2.75 bits per heavy atom. The molecule has 5 nitrogen and oxygen atoms in total. The molecule has 1 aliphatic heterocycles. The summed E-state index contributed by atoms with van der Waals surface area (Å²) in [5.74, 6) is 0.562. The van der Waals surface area contributed by atoms with Crippen LogP contribution >= 0.6 is 23.5 Å². The Hall–Kier alpha value is -1.71. The quantitative estimate of drug-likeness (QED) is 0.414. The van der Waals surface area contributed by atoms with Gasteiger partial charge in [0.2, 0.25) is 5.28 Å². The number of anilines is 2. The molecule has 10 heteroatoms. The van der Waals surface area contributed by atoms with Gasteiger partial charge < -0.3 is 11.1 Å². The molecule has 2 aromatic rings. The van der Waals surface area contributed by atoms with Gasteiger partial charge in [0.05, 0.1) is 11.3 Å². The van der Waals surface area contributed by atoms with Gasteiger partial charge in [-0.25, -0.2) is 14.3 Å². The summed E-state index contributed by atoms with van der Waals surface area (Å²) in [6, 6.07) is 3.54. The SMILES string of the molecule is Nc1cc(CNc2nc(Cl)nc3c2CN(SC2CC2)CC3)cc(C(F)(F)F)c1. The first-order valence-corrected chi connectivity index (χ1v) is 10.2. The van der Waals surface area contributed by atoms with E-state index in [2.05, 4.69) is 19.6 Å². The molecule has 1 fully saturated rings. The predicted octanol–water partition coefficient (Wildman–Crippen LogP) is 4.51. The van der Waals surface area contributed by atoms with Crippen molar-refractivity contribution in [2.45, 2.75) is 43.8 Å². The zero-order valence-electron chi connectivity index (χ0n) is 14.9. The molecule has 0 atom stereocenters. The standard InChI is InChI=1S/C18H19ClF3N5S/c19-17-25-15-3-4-27(28-13-1-2-13)9-14(15)16(26-17)24-8-10-5-11(18(20,21)22)7-12(23)6-10/h5-7,13H,1-4,8-9,23H2,(H,24,25,26). The maximum atomic E-state index is 13.0. The number of fused-ring (bicyclic) bond motifs is 1. The number of rotatable bonds is 5. The molecule has 0 amide bonds. The van der Waals surface area contributed by atoms with Crippen LogP contribution in [0.2, 0.25) is 5.28 Å². The monoisotopic (exact) mass is 429 g/mol. The number of halogens is 4. The summed E-state index contributed by atoms with van der Waals surface area (Å²) in [5.41, 5.74) is 7.21. The first-order valence-electron chi connectivity index (χ1n) is 8.95. The molecule has 150 valence electrons. The summed E-state index contributed by atoms with van der Waals surface area (Å²) >= 11 is 7.91. The number of nitrogen functional groups attached to an aromatic ring is 1. The highest BCUT2D eigenvalue weighted by Gasteiger charge is 2.31. The van der Waals surface area contributed by atoms with Gasteiger partial charge in [0.25, 0.3) is 0 Å². The highest BCUT2D eigenvalue weighted by Crippen LogP contribution is 2.39. The van der Waals surface area contributed by atoms with Crippen LogP contribution in [-0.2, 0) is 25.7 Å².